The largest absolute Gasteiger partial charge is 0.459 e. The first-order valence-electron chi connectivity index (χ1n) is 7.19. The molecule has 3 atom stereocenters. The minimum atomic E-state index is -0.565. The third-order valence-corrected chi connectivity index (χ3v) is 5.64. The highest BCUT2D eigenvalue weighted by Crippen LogP contribution is 2.51. The van der Waals surface area contributed by atoms with Crippen LogP contribution in [0, 0.1) is 0 Å². The number of hydrogen-bond donors (Lipinski definition) is 0. The normalized spacial score (nSPS) is 29.0. The van der Waals surface area contributed by atoms with E-state index in [1.807, 2.05) is 44.2 Å². The second kappa shape index (κ2) is 5.59. The van der Waals surface area contributed by atoms with Crippen LogP contribution < -0.4 is 0 Å². The van der Waals surface area contributed by atoms with E-state index in [0.717, 1.165) is 5.56 Å². The zero-order valence-corrected chi connectivity index (χ0v) is 13.6. The lowest BCUT2D eigenvalue weighted by atomic mass is 9.97. The fourth-order valence-electron chi connectivity index (χ4n) is 2.98. The summed E-state index contributed by atoms with van der Waals surface area (Å²) in [6.45, 7) is 4.15. The Labute approximate surface area is 134 Å². The predicted molar refractivity (Wildman–Crippen MR) is 83.1 cm³/mol. The predicted octanol–water partition coefficient (Wildman–Crippen LogP) is 1.81. The highest BCUT2D eigenvalue weighted by atomic mass is 32.2. The Morgan fingerprint density at radius 3 is 2.64 bits per heavy atom. The molecule has 0 N–H and O–H groups in total. The Morgan fingerprint density at radius 1 is 1.32 bits per heavy atom. The fraction of sp³-hybridized carbons (Fsp3) is 0.500. The number of methoxy groups -OCH3 is 1. The highest BCUT2D eigenvalue weighted by Gasteiger charge is 2.64. The van der Waals surface area contributed by atoms with Gasteiger partial charge in [-0.1, -0.05) is 30.3 Å². The quantitative estimate of drug-likeness (QED) is 0.625. The monoisotopic (exact) mass is 321 g/mol. The molecule has 2 fully saturated rings. The van der Waals surface area contributed by atoms with Crippen molar-refractivity contribution in [1.29, 1.82) is 0 Å². The van der Waals surface area contributed by atoms with E-state index in [9.17, 15) is 9.59 Å². The molecule has 1 aromatic carbocycles. The summed E-state index contributed by atoms with van der Waals surface area (Å²) in [5.41, 5.74) is 0.931. The van der Waals surface area contributed by atoms with E-state index < -0.39 is 12.1 Å². The summed E-state index contributed by atoms with van der Waals surface area (Å²) in [5.74, 6) is -0.487. The number of benzene rings is 1. The second-order valence-corrected chi connectivity index (χ2v) is 7.78. The van der Waals surface area contributed by atoms with Crippen LogP contribution in [0.4, 0.5) is 0 Å². The van der Waals surface area contributed by atoms with E-state index >= 15 is 0 Å². The topological polar surface area (TPSA) is 55.8 Å². The third-order valence-electron chi connectivity index (χ3n) is 4.09. The number of fused-ring (bicyclic) bond motifs is 1. The smallest absolute Gasteiger partial charge is 0.330 e. The second-order valence-electron chi connectivity index (χ2n) is 6.01. The molecule has 2 heterocycles. The van der Waals surface area contributed by atoms with Crippen molar-refractivity contribution in [1.82, 2.24) is 4.90 Å². The van der Waals surface area contributed by atoms with Crippen LogP contribution in [0.3, 0.4) is 0 Å². The molecule has 0 bridgehead atoms. The number of carbonyl (C=O) groups is 2. The van der Waals surface area contributed by atoms with Gasteiger partial charge in [0.2, 0.25) is 0 Å². The summed E-state index contributed by atoms with van der Waals surface area (Å²) in [6, 6.07) is 8.95. The zero-order valence-electron chi connectivity index (χ0n) is 12.8. The molecule has 1 aromatic rings. The Balaban J connectivity index is 1.70. The summed E-state index contributed by atoms with van der Waals surface area (Å²) < 4.78 is 10.2. The first-order chi connectivity index (χ1) is 10.5. The van der Waals surface area contributed by atoms with Gasteiger partial charge >= 0.3 is 5.97 Å². The van der Waals surface area contributed by atoms with Gasteiger partial charge in [0.25, 0.3) is 5.91 Å². The van der Waals surface area contributed by atoms with Crippen LogP contribution in [0.2, 0.25) is 0 Å². The third kappa shape index (κ3) is 2.40. The van der Waals surface area contributed by atoms with Gasteiger partial charge < -0.3 is 14.4 Å². The van der Waals surface area contributed by atoms with Crippen molar-refractivity contribution in [3.8, 4) is 0 Å². The molecule has 118 valence electrons. The minimum Gasteiger partial charge on any atom is -0.459 e. The van der Waals surface area contributed by atoms with Crippen molar-refractivity contribution < 1.29 is 19.1 Å². The number of hydrogen-bond acceptors (Lipinski definition) is 5. The van der Waals surface area contributed by atoms with Crippen LogP contribution in [0.15, 0.2) is 30.3 Å². The molecule has 2 saturated heterocycles. The number of β-lactam (4-membered cyclic amide) rings is 1. The summed E-state index contributed by atoms with van der Waals surface area (Å²) in [5, 5.41) is -0.0956. The zero-order chi connectivity index (χ0) is 15.9. The lowest BCUT2D eigenvalue weighted by Gasteiger charge is -2.42. The molecule has 5 nitrogen and oxygen atoms in total. The van der Waals surface area contributed by atoms with Gasteiger partial charge in [-0.15, -0.1) is 11.8 Å². The standard InChI is InChI=1S/C16H19NO4S/c1-16(2)12(17-13(18)11(20-3)14(17)22-16)15(19)21-9-10-7-5-4-6-8-10/h4-8,11-12,14H,9H2,1-3H3/t11-,12-,14+/m0/s1. The van der Waals surface area contributed by atoms with Crippen molar-refractivity contribution in [2.24, 2.45) is 0 Å². The van der Waals surface area contributed by atoms with Crippen LogP contribution in [-0.2, 0) is 25.7 Å². The SMILES string of the molecule is CO[C@H]1C(=O)N2[C@@H]1SC(C)(C)[C@@H]2C(=O)OCc1ccccc1. The molecule has 2 aliphatic heterocycles. The molecule has 6 heteroatoms. The average Bonchev–Trinajstić information content (AvgIpc) is 2.74. The Bertz CT molecular complexity index is 589. The molecule has 0 saturated carbocycles. The molecule has 2 aliphatic rings. The summed E-state index contributed by atoms with van der Waals surface area (Å²) in [7, 11) is 1.52. The van der Waals surface area contributed by atoms with Gasteiger partial charge in [-0.25, -0.2) is 4.79 Å². The number of thioether (sulfide) groups is 1. The maximum atomic E-state index is 12.5. The Morgan fingerprint density at radius 2 is 2.00 bits per heavy atom. The van der Waals surface area contributed by atoms with Gasteiger partial charge in [0.05, 0.1) is 0 Å². The van der Waals surface area contributed by atoms with Crippen molar-refractivity contribution >= 4 is 23.6 Å². The van der Waals surface area contributed by atoms with E-state index in [2.05, 4.69) is 0 Å². The highest BCUT2D eigenvalue weighted by molar-refractivity contribution is 8.01. The molecular formula is C16H19NO4S. The lowest BCUT2D eigenvalue weighted by molar-refractivity contribution is -0.175. The first-order valence-corrected chi connectivity index (χ1v) is 8.07. The van der Waals surface area contributed by atoms with Gasteiger partial charge in [0.1, 0.15) is 18.0 Å². The molecule has 1 amide bonds. The van der Waals surface area contributed by atoms with Crippen LogP contribution >= 0.6 is 11.8 Å². The molecule has 22 heavy (non-hydrogen) atoms. The number of ether oxygens (including phenoxy) is 2. The molecule has 0 radical (unpaired) electrons. The molecule has 0 aromatic heterocycles. The van der Waals surface area contributed by atoms with Crippen LogP contribution in [0.1, 0.15) is 19.4 Å². The van der Waals surface area contributed by atoms with Crippen LogP contribution in [0.25, 0.3) is 0 Å². The van der Waals surface area contributed by atoms with Crippen molar-refractivity contribution in [3.05, 3.63) is 35.9 Å². The van der Waals surface area contributed by atoms with Crippen molar-refractivity contribution in [3.63, 3.8) is 0 Å². The number of carbonyl (C=O) groups excluding carboxylic acids is 2. The van der Waals surface area contributed by atoms with E-state index in [1.165, 1.54) is 7.11 Å². The van der Waals surface area contributed by atoms with Gasteiger partial charge in [0.15, 0.2) is 6.10 Å². The van der Waals surface area contributed by atoms with Gasteiger partial charge in [-0.2, -0.15) is 0 Å². The fourth-order valence-corrected chi connectivity index (χ4v) is 4.64. The molecular weight excluding hydrogens is 302 g/mol. The summed E-state index contributed by atoms with van der Waals surface area (Å²) >= 11 is 1.59. The number of esters is 1. The Hall–Kier alpha value is -1.53. The summed E-state index contributed by atoms with van der Waals surface area (Å²) in [4.78, 5) is 26.2. The van der Waals surface area contributed by atoms with Gasteiger partial charge in [0, 0.05) is 11.9 Å². The number of rotatable bonds is 4. The maximum absolute atomic E-state index is 12.5. The van der Waals surface area contributed by atoms with Gasteiger partial charge in [-0.3, -0.25) is 4.79 Å². The van der Waals surface area contributed by atoms with E-state index in [4.69, 9.17) is 9.47 Å². The molecule has 0 spiro atoms. The molecule has 0 aliphatic carbocycles. The van der Waals surface area contributed by atoms with E-state index in [-0.39, 0.29) is 28.6 Å². The minimum absolute atomic E-state index is 0.0956. The van der Waals surface area contributed by atoms with Crippen LogP contribution in [0.5, 0.6) is 0 Å². The summed E-state index contributed by atoms with van der Waals surface area (Å²) in [6.07, 6.45) is -0.448. The number of nitrogens with zero attached hydrogens (tertiary/aromatic N) is 1. The lowest BCUT2D eigenvalue weighted by Crippen LogP contribution is -2.66. The molecule has 0 unspecified atom stereocenters. The first kappa shape index (κ1) is 15.4. The Kier molecular flexibility index (Phi) is 3.91. The van der Waals surface area contributed by atoms with Gasteiger partial charge in [-0.05, 0) is 19.4 Å². The average molecular weight is 321 g/mol. The van der Waals surface area contributed by atoms with Crippen molar-refractivity contribution in [2.75, 3.05) is 7.11 Å². The number of amides is 1. The maximum Gasteiger partial charge on any atom is 0.330 e. The van der Waals surface area contributed by atoms with Crippen LogP contribution in [-0.4, -0.2) is 46.2 Å². The van der Waals surface area contributed by atoms with E-state index in [1.54, 1.807) is 16.7 Å². The van der Waals surface area contributed by atoms with Crippen molar-refractivity contribution in [2.45, 2.75) is 42.7 Å². The molecule has 3 rings (SSSR count). The van der Waals surface area contributed by atoms with E-state index in [0.29, 0.717) is 0 Å².